The number of ether oxygens (including phenoxy) is 1. The summed E-state index contributed by atoms with van der Waals surface area (Å²) in [4.78, 5) is 4.56. The molecule has 0 radical (unpaired) electrons. The van der Waals surface area contributed by atoms with Gasteiger partial charge in [0.1, 0.15) is 5.75 Å². The molecule has 3 rings (SSSR count). The second kappa shape index (κ2) is 5.25. The Morgan fingerprint density at radius 1 is 1.35 bits per heavy atom. The third kappa shape index (κ3) is 2.41. The maximum atomic E-state index is 5.47. The number of nitrogens with one attached hydrogen (secondary N) is 1. The zero-order valence-corrected chi connectivity index (χ0v) is 11.8. The van der Waals surface area contributed by atoms with E-state index in [1.54, 1.807) is 7.11 Å². The normalized spacial score (nSPS) is 22.7. The minimum Gasteiger partial charge on any atom is -0.497 e. The third-order valence-corrected chi connectivity index (χ3v) is 3.84. The van der Waals surface area contributed by atoms with Gasteiger partial charge in [-0.15, -0.1) is 0 Å². The van der Waals surface area contributed by atoms with Crippen LogP contribution in [0, 0.1) is 0 Å². The van der Waals surface area contributed by atoms with Crippen molar-refractivity contribution in [1.29, 1.82) is 0 Å². The highest BCUT2D eigenvalue weighted by atomic mass is 16.5. The van der Waals surface area contributed by atoms with Crippen molar-refractivity contribution in [2.45, 2.75) is 31.7 Å². The van der Waals surface area contributed by atoms with Crippen LogP contribution in [-0.4, -0.2) is 23.8 Å². The Morgan fingerprint density at radius 3 is 3.00 bits per heavy atom. The summed E-state index contributed by atoms with van der Waals surface area (Å²) in [7, 11) is 1.65. The van der Waals surface area contributed by atoms with Crippen molar-refractivity contribution in [3.63, 3.8) is 0 Å². The first-order chi connectivity index (χ1) is 9.71. The molecule has 1 fully saturated rings. The van der Waals surface area contributed by atoms with Crippen molar-refractivity contribution in [2.75, 3.05) is 13.7 Å². The fourth-order valence-electron chi connectivity index (χ4n) is 2.57. The predicted molar refractivity (Wildman–Crippen MR) is 75.5 cm³/mol. The van der Waals surface area contributed by atoms with E-state index in [1.807, 2.05) is 24.3 Å². The second-order valence-corrected chi connectivity index (χ2v) is 5.37. The van der Waals surface area contributed by atoms with Crippen LogP contribution in [0.4, 0.5) is 0 Å². The number of hydrogen-bond acceptors (Lipinski definition) is 5. The van der Waals surface area contributed by atoms with Gasteiger partial charge in [0.05, 0.1) is 12.6 Å². The van der Waals surface area contributed by atoms with Gasteiger partial charge in [0.15, 0.2) is 0 Å². The molecule has 0 bridgehead atoms. The lowest BCUT2D eigenvalue weighted by atomic mass is 9.91. The van der Waals surface area contributed by atoms with Gasteiger partial charge in [-0.25, -0.2) is 0 Å². The molecular formula is C15H19N3O2. The first kappa shape index (κ1) is 13.1. The highest BCUT2D eigenvalue weighted by molar-refractivity contribution is 5.56. The lowest BCUT2D eigenvalue weighted by Gasteiger charge is -2.31. The molecular weight excluding hydrogens is 254 g/mol. The van der Waals surface area contributed by atoms with Crippen molar-refractivity contribution >= 4 is 0 Å². The average molecular weight is 273 g/mol. The smallest absolute Gasteiger partial charge is 0.246 e. The Morgan fingerprint density at radius 2 is 2.25 bits per heavy atom. The van der Waals surface area contributed by atoms with E-state index in [1.165, 1.54) is 12.8 Å². The number of methoxy groups -OCH3 is 1. The Kier molecular flexibility index (Phi) is 3.44. The van der Waals surface area contributed by atoms with Crippen LogP contribution in [0.3, 0.4) is 0 Å². The zero-order chi connectivity index (χ0) is 14.0. The van der Waals surface area contributed by atoms with Crippen LogP contribution in [0.2, 0.25) is 0 Å². The van der Waals surface area contributed by atoms with E-state index in [9.17, 15) is 0 Å². The van der Waals surface area contributed by atoms with Gasteiger partial charge in [0, 0.05) is 5.56 Å². The third-order valence-electron chi connectivity index (χ3n) is 3.84. The standard InChI is InChI=1S/C15H19N3O2/c1-15(8-3-4-9-16-15)14-17-13(18-20-14)11-6-5-7-12(10-11)19-2/h5-7,10,16H,3-4,8-9H2,1-2H3. The monoisotopic (exact) mass is 273 g/mol. The van der Waals surface area contributed by atoms with Crippen molar-refractivity contribution in [2.24, 2.45) is 0 Å². The minimum absolute atomic E-state index is 0.206. The summed E-state index contributed by atoms with van der Waals surface area (Å²) in [5, 5.41) is 7.58. The number of benzene rings is 1. The Bertz CT molecular complexity index is 588. The first-order valence-electron chi connectivity index (χ1n) is 6.95. The van der Waals surface area contributed by atoms with Crippen molar-refractivity contribution < 1.29 is 9.26 Å². The van der Waals surface area contributed by atoms with Gasteiger partial charge in [-0.05, 0) is 44.9 Å². The van der Waals surface area contributed by atoms with E-state index in [-0.39, 0.29) is 5.54 Å². The fourth-order valence-corrected chi connectivity index (χ4v) is 2.57. The van der Waals surface area contributed by atoms with Crippen molar-refractivity contribution in [3.8, 4) is 17.1 Å². The average Bonchev–Trinajstić information content (AvgIpc) is 2.99. The molecule has 1 aromatic carbocycles. The van der Waals surface area contributed by atoms with Gasteiger partial charge in [0.2, 0.25) is 11.7 Å². The summed E-state index contributed by atoms with van der Waals surface area (Å²) in [5.74, 6) is 2.05. The maximum Gasteiger partial charge on any atom is 0.246 e. The Labute approximate surface area is 118 Å². The lowest BCUT2D eigenvalue weighted by Crippen LogP contribution is -2.43. The van der Waals surface area contributed by atoms with Gasteiger partial charge in [0.25, 0.3) is 0 Å². The molecule has 1 unspecified atom stereocenters. The van der Waals surface area contributed by atoms with Crippen molar-refractivity contribution in [1.82, 2.24) is 15.5 Å². The minimum atomic E-state index is -0.206. The van der Waals surface area contributed by atoms with E-state index >= 15 is 0 Å². The molecule has 1 atom stereocenters. The van der Waals surface area contributed by atoms with Crippen molar-refractivity contribution in [3.05, 3.63) is 30.2 Å². The molecule has 20 heavy (non-hydrogen) atoms. The fraction of sp³-hybridized carbons (Fsp3) is 0.467. The van der Waals surface area contributed by atoms with Crippen LogP contribution < -0.4 is 10.1 Å². The van der Waals surface area contributed by atoms with Crippen LogP contribution in [0.15, 0.2) is 28.8 Å². The summed E-state index contributed by atoms with van der Waals surface area (Å²) < 4.78 is 10.7. The molecule has 5 heteroatoms. The zero-order valence-electron chi connectivity index (χ0n) is 11.8. The molecule has 1 aliphatic heterocycles. The maximum absolute atomic E-state index is 5.47. The summed E-state index contributed by atoms with van der Waals surface area (Å²) >= 11 is 0. The molecule has 106 valence electrons. The van der Waals surface area contributed by atoms with Gasteiger partial charge in [-0.3, -0.25) is 0 Å². The van der Waals surface area contributed by atoms with Gasteiger partial charge < -0.3 is 14.6 Å². The van der Waals surface area contributed by atoms with Gasteiger partial charge in [-0.1, -0.05) is 17.3 Å². The lowest BCUT2D eigenvalue weighted by molar-refractivity contribution is 0.207. The summed E-state index contributed by atoms with van der Waals surface area (Å²) in [6, 6.07) is 7.68. The van der Waals surface area contributed by atoms with Crippen LogP contribution in [0.5, 0.6) is 5.75 Å². The summed E-state index contributed by atoms with van der Waals surface area (Å²) in [6.07, 6.45) is 3.40. The topological polar surface area (TPSA) is 60.2 Å². The quantitative estimate of drug-likeness (QED) is 0.931. The van der Waals surface area contributed by atoms with Crippen LogP contribution in [0.25, 0.3) is 11.4 Å². The highest BCUT2D eigenvalue weighted by Crippen LogP contribution is 2.30. The van der Waals surface area contributed by atoms with E-state index in [0.717, 1.165) is 24.3 Å². The van der Waals surface area contributed by atoms with E-state index < -0.39 is 0 Å². The van der Waals surface area contributed by atoms with Crippen LogP contribution >= 0.6 is 0 Å². The molecule has 0 saturated carbocycles. The first-order valence-corrected chi connectivity index (χ1v) is 6.95. The molecule has 5 nitrogen and oxygen atoms in total. The predicted octanol–water partition coefficient (Wildman–Crippen LogP) is 2.73. The molecule has 0 spiro atoms. The molecule has 0 aliphatic carbocycles. The number of rotatable bonds is 3. The number of piperidine rings is 1. The van der Waals surface area contributed by atoms with E-state index in [4.69, 9.17) is 9.26 Å². The van der Waals surface area contributed by atoms with E-state index in [2.05, 4.69) is 22.4 Å². The largest absolute Gasteiger partial charge is 0.497 e. The second-order valence-electron chi connectivity index (χ2n) is 5.37. The number of nitrogens with zero attached hydrogens (tertiary/aromatic N) is 2. The highest BCUT2D eigenvalue weighted by Gasteiger charge is 2.34. The molecule has 1 aromatic heterocycles. The molecule has 1 aliphatic rings. The summed E-state index contributed by atoms with van der Waals surface area (Å²) in [6.45, 7) is 3.11. The van der Waals surface area contributed by atoms with Gasteiger partial charge >= 0.3 is 0 Å². The number of aromatic nitrogens is 2. The SMILES string of the molecule is COc1cccc(-c2noc(C3(C)CCCCN3)n2)c1. The molecule has 2 aromatic rings. The van der Waals surface area contributed by atoms with Gasteiger partial charge in [-0.2, -0.15) is 4.98 Å². The summed E-state index contributed by atoms with van der Waals surface area (Å²) in [5.41, 5.74) is 0.696. The molecule has 2 heterocycles. The Hall–Kier alpha value is -1.88. The molecule has 0 amide bonds. The molecule has 1 N–H and O–H groups in total. The molecule has 1 saturated heterocycles. The van der Waals surface area contributed by atoms with Crippen LogP contribution in [-0.2, 0) is 5.54 Å². The van der Waals surface area contributed by atoms with Crippen LogP contribution in [0.1, 0.15) is 32.1 Å². The van der Waals surface area contributed by atoms with E-state index in [0.29, 0.717) is 11.7 Å². The Balaban J connectivity index is 1.89. The number of hydrogen-bond donors (Lipinski definition) is 1.